The highest BCUT2D eigenvalue weighted by Crippen LogP contribution is 2.34. The number of carbonyl (C=O) groups excluding carboxylic acids is 1. The van der Waals surface area contributed by atoms with Crippen LogP contribution in [-0.4, -0.2) is 29.0 Å². The second kappa shape index (κ2) is 11.4. The molecule has 0 fully saturated rings. The molecule has 0 spiro atoms. The normalized spacial score (nSPS) is 12.4. The first kappa shape index (κ1) is 28.1. The molecule has 2 heterocycles. The number of aryl methyl sites for hydroxylation is 3. The van der Waals surface area contributed by atoms with E-state index in [0.29, 0.717) is 35.5 Å². The van der Waals surface area contributed by atoms with Crippen molar-refractivity contribution in [3.63, 3.8) is 0 Å². The summed E-state index contributed by atoms with van der Waals surface area (Å²) in [7, 11) is -3.82. The van der Waals surface area contributed by atoms with Crippen LogP contribution < -0.4 is 10.5 Å². The zero-order chi connectivity index (χ0) is 28.3. The number of sulfonamides is 1. The smallest absolute Gasteiger partial charge is 0.267 e. The molecule has 39 heavy (non-hydrogen) atoms. The molecule has 3 N–H and O–H groups in total. The quantitative estimate of drug-likeness (QED) is 0.260. The van der Waals surface area contributed by atoms with Crippen LogP contribution in [0.3, 0.4) is 0 Å². The van der Waals surface area contributed by atoms with Crippen LogP contribution >= 0.6 is 0 Å². The minimum Gasteiger partial charge on any atom is -0.364 e. The molecule has 1 amide bonds. The van der Waals surface area contributed by atoms with Crippen molar-refractivity contribution in [2.75, 3.05) is 4.72 Å². The third-order valence-electron chi connectivity index (χ3n) is 7.02. The van der Waals surface area contributed by atoms with E-state index in [2.05, 4.69) is 21.8 Å². The number of nitrogens with one attached hydrogen (secondary N) is 1. The molecule has 10 heteroatoms. The Bertz CT molecular complexity index is 1590. The lowest BCUT2D eigenvalue weighted by Gasteiger charge is -2.18. The molecule has 9 nitrogen and oxygen atoms in total. The third kappa shape index (κ3) is 5.75. The first-order valence-corrected chi connectivity index (χ1v) is 14.6. The van der Waals surface area contributed by atoms with Crippen LogP contribution in [0.25, 0.3) is 11.1 Å². The fourth-order valence-electron chi connectivity index (χ4n) is 4.64. The van der Waals surface area contributed by atoms with E-state index in [1.165, 1.54) is 0 Å². The fraction of sp³-hybridized carbons (Fsp3) is 0.345. The number of imidazole rings is 1. The Morgan fingerprint density at radius 1 is 1.10 bits per heavy atom. The fourth-order valence-corrected chi connectivity index (χ4v) is 5.81. The van der Waals surface area contributed by atoms with E-state index in [9.17, 15) is 13.2 Å². The summed E-state index contributed by atoms with van der Waals surface area (Å²) < 4.78 is 36.2. The average Bonchev–Trinajstić information content (AvgIpc) is 3.43. The van der Waals surface area contributed by atoms with Gasteiger partial charge in [0.2, 0.25) is 15.9 Å². The number of nitrogens with zero attached hydrogens (tertiary/aromatic N) is 3. The molecule has 0 saturated heterocycles. The largest absolute Gasteiger partial charge is 0.364 e. The van der Waals surface area contributed by atoms with Crippen molar-refractivity contribution in [2.45, 2.75) is 65.7 Å². The molecule has 0 aliphatic rings. The lowest BCUT2D eigenvalue weighted by atomic mass is 9.97. The van der Waals surface area contributed by atoms with Gasteiger partial charge in [-0.15, -0.1) is 0 Å². The lowest BCUT2D eigenvalue weighted by molar-refractivity contribution is 0.0990. The maximum atomic E-state index is 13.3. The predicted molar refractivity (Wildman–Crippen MR) is 152 cm³/mol. The summed E-state index contributed by atoms with van der Waals surface area (Å²) in [5, 5.41) is 2.98. The molecule has 0 bridgehead atoms. The standard InChI is InChI=1S/C29H35N5O4S/c1-6-10-26-31-25(7-2)27(28(30)35)34(26)17-21-13-15-22(16-14-21)24-12-9-8-11-23(24)20(5)39(36,37)33-29-18(3)19(4)32-38-29/h8-9,11-16,20,33H,6-7,10,17H2,1-5H3,(H2,30,35). The number of carbonyl (C=O) groups is 1. The zero-order valence-corrected chi connectivity index (χ0v) is 23.8. The first-order chi connectivity index (χ1) is 18.6. The Kier molecular flexibility index (Phi) is 8.25. The van der Waals surface area contributed by atoms with Crippen LogP contribution in [0.4, 0.5) is 5.88 Å². The molecule has 206 valence electrons. The van der Waals surface area contributed by atoms with Crippen molar-refractivity contribution in [3.8, 4) is 11.1 Å². The van der Waals surface area contributed by atoms with Gasteiger partial charge in [-0.1, -0.05) is 67.5 Å². The summed E-state index contributed by atoms with van der Waals surface area (Å²) in [4.78, 5) is 16.9. The lowest BCUT2D eigenvalue weighted by Crippen LogP contribution is -2.20. The highest BCUT2D eigenvalue weighted by molar-refractivity contribution is 7.92. The van der Waals surface area contributed by atoms with Crippen molar-refractivity contribution < 1.29 is 17.7 Å². The van der Waals surface area contributed by atoms with E-state index < -0.39 is 21.2 Å². The van der Waals surface area contributed by atoms with Gasteiger partial charge in [0.05, 0.1) is 11.4 Å². The van der Waals surface area contributed by atoms with E-state index in [1.807, 2.05) is 60.0 Å². The van der Waals surface area contributed by atoms with Crippen LogP contribution in [0, 0.1) is 13.8 Å². The maximum absolute atomic E-state index is 13.3. The van der Waals surface area contributed by atoms with E-state index in [0.717, 1.165) is 41.1 Å². The van der Waals surface area contributed by atoms with Gasteiger partial charge in [-0.3, -0.25) is 9.52 Å². The Balaban J connectivity index is 1.63. The summed E-state index contributed by atoms with van der Waals surface area (Å²) in [6.07, 6.45) is 2.28. The van der Waals surface area contributed by atoms with Gasteiger partial charge in [-0.05, 0) is 55.9 Å². The second-order valence-electron chi connectivity index (χ2n) is 9.67. The molecule has 1 unspecified atom stereocenters. The second-order valence-corrected chi connectivity index (χ2v) is 11.7. The predicted octanol–water partition coefficient (Wildman–Crippen LogP) is 5.32. The molecule has 4 rings (SSSR count). The molecular formula is C29H35N5O4S. The van der Waals surface area contributed by atoms with Crippen molar-refractivity contribution in [3.05, 3.63) is 88.1 Å². The van der Waals surface area contributed by atoms with Crippen LogP contribution in [0.2, 0.25) is 0 Å². The molecule has 4 aromatic rings. The number of rotatable bonds is 11. The van der Waals surface area contributed by atoms with Crippen LogP contribution in [0.1, 0.15) is 76.8 Å². The topological polar surface area (TPSA) is 133 Å². The molecule has 0 aliphatic heterocycles. The van der Waals surface area contributed by atoms with Crippen molar-refractivity contribution in [1.29, 1.82) is 0 Å². The summed E-state index contributed by atoms with van der Waals surface area (Å²) in [5.41, 5.74) is 11.5. The van der Waals surface area contributed by atoms with Gasteiger partial charge in [0.25, 0.3) is 5.91 Å². The molecule has 0 radical (unpaired) electrons. The molecule has 0 aliphatic carbocycles. The minimum atomic E-state index is -3.82. The number of anilines is 1. The van der Waals surface area contributed by atoms with E-state index in [1.54, 1.807) is 20.8 Å². The minimum absolute atomic E-state index is 0.129. The van der Waals surface area contributed by atoms with Gasteiger partial charge in [-0.25, -0.2) is 13.4 Å². The number of nitrogens with two attached hydrogens (primary N) is 1. The number of amides is 1. The van der Waals surface area contributed by atoms with Gasteiger partial charge in [0.15, 0.2) is 0 Å². The molecular weight excluding hydrogens is 514 g/mol. The average molecular weight is 550 g/mol. The number of aromatic nitrogens is 3. The molecule has 2 aromatic heterocycles. The van der Waals surface area contributed by atoms with Gasteiger partial charge in [0.1, 0.15) is 16.8 Å². The SMILES string of the molecule is CCCc1nc(CC)c(C(N)=O)n1Cc1ccc(-c2ccccc2C(C)S(=O)(=O)Nc2onc(C)c2C)cc1. The van der Waals surface area contributed by atoms with Gasteiger partial charge in [0, 0.05) is 18.5 Å². The van der Waals surface area contributed by atoms with Crippen LogP contribution in [0.15, 0.2) is 53.1 Å². The Morgan fingerprint density at radius 2 is 1.79 bits per heavy atom. The maximum Gasteiger partial charge on any atom is 0.267 e. The number of benzene rings is 2. The highest BCUT2D eigenvalue weighted by atomic mass is 32.2. The number of hydrogen-bond donors (Lipinski definition) is 2. The number of primary amides is 1. The molecule has 1 atom stereocenters. The Morgan fingerprint density at radius 3 is 2.38 bits per heavy atom. The Labute approximate surface area is 229 Å². The monoisotopic (exact) mass is 549 g/mol. The summed E-state index contributed by atoms with van der Waals surface area (Å²) in [6.45, 7) is 9.67. The zero-order valence-electron chi connectivity index (χ0n) is 23.0. The van der Waals surface area contributed by atoms with Crippen molar-refractivity contribution >= 4 is 21.8 Å². The van der Waals surface area contributed by atoms with Crippen molar-refractivity contribution in [1.82, 2.24) is 14.7 Å². The van der Waals surface area contributed by atoms with Crippen molar-refractivity contribution in [2.24, 2.45) is 5.73 Å². The molecule has 2 aromatic carbocycles. The first-order valence-electron chi connectivity index (χ1n) is 13.1. The van der Waals surface area contributed by atoms with Gasteiger partial charge in [-0.2, -0.15) is 0 Å². The molecule has 0 saturated carbocycles. The van der Waals surface area contributed by atoms with E-state index in [-0.39, 0.29) is 5.88 Å². The Hall–Kier alpha value is -3.92. The third-order valence-corrected chi connectivity index (χ3v) is 8.68. The summed E-state index contributed by atoms with van der Waals surface area (Å²) in [6, 6.07) is 15.3. The van der Waals surface area contributed by atoms with Crippen LogP contribution in [0.5, 0.6) is 0 Å². The van der Waals surface area contributed by atoms with Gasteiger partial charge < -0.3 is 14.8 Å². The van der Waals surface area contributed by atoms with E-state index in [4.69, 9.17) is 10.3 Å². The van der Waals surface area contributed by atoms with E-state index >= 15 is 0 Å². The highest BCUT2D eigenvalue weighted by Gasteiger charge is 2.27. The number of hydrogen-bond acceptors (Lipinski definition) is 6. The summed E-state index contributed by atoms with van der Waals surface area (Å²) >= 11 is 0. The summed E-state index contributed by atoms with van der Waals surface area (Å²) in [5.74, 6) is 0.498. The van der Waals surface area contributed by atoms with Crippen LogP contribution in [-0.2, 0) is 29.4 Å². The van der Waals surface area contributed by atoms with Gasteiger partial charge >= 0.3 is 0 Å².